The Hall–Kier alpha value is -2.32. The van der Waals surface area contributed by atoms with Crippen molar-refractivity contribution >= 4 is 38.5 Å². The largest absolute Gasteiger partial charge is 0.338 e. The lowest BCUT2D eigenvalue weighted by atomic mass is 10.1. The van der Waals surface area contributed by atoms with E-state index in [0.717, 1.165) is 27.4 Å². The maximum atomic E-state index is 13.2. The van der Waals surface area contributed by atoms with Crippen molar-refractivity contribution in [3.63, 3.8) is 0 Å². The van der Waals surface area contributed by atoms with Crippen molar-refractivity contribution in [3.05, 3.63) is 54.1 Å². The van der Waals surface area contributed by atoms with E-state index in [-0.39, 0.29) is 35.1 Å². The van der Waals surface area contributed by atoms with Crippen LogP contribution in [0.15, 0.2) is 53.7 Å². The van der Waals surface area contributed by atoms with Gasteiger partial charge in [0.1, 0.15) is 0 Å². The molecule has 0 spiro atoms. The van der Waals surface area contributed by atoms with Crippen molar-refractivity contribution < 1.29 is 13.2 Å². The number of carbonyl (C=O) groups excluding carboxylic acids is 1. The Morgan fingerprint density at radius 3 is 2.69 bits per heavy atom. The molecule has 0 radical (unpaired) electrons. The number of aryl methyl sites for hydroxylation is 1. The van der Waals surface area contributed by atoms with Gasteiger partial charge in [-0.15, -0.1) is 0 Å². The van der Waals surface area contributed by atoms with Gasteiger partial charge in [-0.3, -0.25) is 9.36 Å². The van der Waals surface area contributed by atoms with Crippen LogP contribution in [0.25, 0.3) is 16.7 Å². The average molecular weight is 472 g/mol. The molecule has 1 aliphatic rings. The monoisotopic (exact) mass is 471 g/mol. The Kier molecular flexibility index (Phi) is 6.62. The smallest absolute Gasteiger partial charge is 0.233 e. The van der Waals surface area contributed by atoms with Gasteiger partial charge in [0.05, 0.1) is 28.3 Å². The van der Waals surface area contributed by atoms with Gasteiger partial charge in [0.15, 0.2) is 15.0 Å². The number of sulfone groups is 1. The number of nitrogens with zero attached hydrogens (tertiary/aromatic N) is 3. The third kappa shape index (κ3) is 5.02. The molecule has 8 heteroatoms. The van der Waals surface area contributed by atoms with Crippen molar-refractivity contribution in [1.82, 2.24) is 14.5 Å². The molecule has 0 saturated carbocycles. The van der Waals surface area contributed by atoms with Gasteiger partial charge in [0.25, 0.3) is 0 Å². The van der Waals surface area contributed by atoms with Gasteiger partial charge < -0.3 is 4.90 Å². The fourth-order valence-electron chi connectivity index (χ4n) is 4.20. The van der Waals surface area contributed by atoms with Crippen molar-refractivity contribution in [2.24, 2.45) is 5.92 Å². The van der Waals surface area contributed by atoms with E-state index in [4.69, 9.17) is 4.98 Å². The van der Waals surface area contributed by atoms with Crippen LogP contribution < -0.4 is 0 Å². The first kappa shape index (κ1) is 22.9. The number of amides is 1. The van der Waals surface area contributed by atoms with Crippen molar-refractivity contribution in [2.75, 3.05) is 23.8 Å². The van der Waals surface area contributed by atoms with Crippen LogP contribution >= 0.6 is 11.8 Å². The minimum absolute atomic E-state index is 0.0337. The highest BCUT2D eigenvalue weighted by Gasteiger charge is 2.35. The first-order valence-electron chi connectivity index (χ1n) is 10.9. The molecule has 4 rings (SSSR count). The molecular weight excluding hydrogens is 442 g/mol. The summed E-state index contributed by atoms with van der Waals surface area (Å²) in [5, 5.41) is 0.758. The predicted octanol–water partition coefficient (Wildman–Crippen LogP) is 4.10. The molecule has 1 aliphatic heterocycles. The zero-order chi connectivity index (χ0) is 22.9. The fraction of sp³-hybridized carbons (Fsp3) is 0.417. The second-order valence-corrected chi connectivity index (χ2v) is 12.0. The first-order valence-corrected chi connectivity index (χ1v) is 13.7. The Labute approximate surface area is 193 Å². The van der Waals surface area contributed by atoms with Gasteiger partial charge in [-0.2, -0.15) is 0 Å². The zero-order valence-corrected chi connectivity index (χ0v) is 20.3. The third-order valence-corrected chi connectivity index (χ3v) is 8.32. The van der Waals surface area contributed by atoms with Crippen LogP contribution in [0.3, 0.4) is 0 Å². The highest BCUT2D eigenvalue weighted by Crippen LogP contribution is 2.29. The van der Waals surface area contributed by atoms with Gasteiger partial charge in [-0.05, 0) is 49.1 Å². The Morgan fingerprint density at radius 2 is 2.00 bits per heavy atom. The summed E-state index contributed by atoms with van der Waals surface area (Å²) in [6.07, 6.45) is 0.521. The SMILES string of the molecule is Cc1cccc(-n2c(SCC(=O)N(CC(C)C)[C@@H]3CCS(=O)(=O)C3)nc3ccccc32)c1. The highest BCUT2D eigenvalue weighted by molar-refractivity contribution is 7.99. The molecule has 0 aliphatic carbocycles. The van der Waals surface area contributed by atoms with E-state index < -0.39 is 9.84 Å². The van der Waals surface area contributed by atoms with E-state index >= 15 is 0 Å². The van der Waals surface area contributed by atoms with Crippen LogP contribution in [-0.4, -0.2) is 58.6 Å². The number of fused-ring (bicyclic) bond motifs is 1. The second-order valence-electron chi connectivity index (χ2n) is 8.84. The number of hydrogen-bond donors (Lipinski definition) is 0. The molecule has 1 fully saturated rings. The molecule has 1 amide bonds. The summed E-state index contributed by atoms with van der Waals surface area (Å²) < 4.78 is 26.1. The molecule has 32 heavy (non-hydrogen) atoms. The molecule has 6 nitrogen and oxygen atoms in total. The van der Waals surface area contributed by atoms with Crippen molar-refractivity contribution in [3.8, 4) is 5.69 Å². The number of benzene rings is 2. The van der Waals surface area contributed by atoms with Crippen LogP contribution in [-0.2, 0) is 14.6 Å². The van der Waals surface area contributed by atoms with Crippen LogP contribution in [0.2, 0.25) is 0 Å². The number of thioether (sulfide) groups is 1. The molecule has 3 aromatic rings. The van der Waals surface area contributed by atoms with Crippen LogP contribution in [0.4, 0.5) is 0 Å². The lowest BCUT2D eigenvalue weighted by Crippen LogP contribution is -2.44. The summed E-state index contributed by atoms with van der Waals surface area (Å²) in [5.74, 6) is 0.685. The van der Waals surface area contributed by atoms with Gasteiger partial charge in [0.2, 0.25) is 5.91 Å². The molecular formula is C24H29N3O3S2. The number of para-hydroxylation sites is 2. The van der Waals surface area contributed by atoms with Crippen LogP contribution in [0.5, 0.6) is 0 Å². The number of hydrogen-bond acceptors (Lipinski definition) is 5. The van der Waals surface area contributed by atoms with Gasteiger partial charge >= 0.3 is 0 Å². The Morgan fingerprint density at radius 1 is 1.22 bits per heavy atom. The number of rotatable bonds is 7. The molecule has 170 valence electrons. The predicted molar refractivity (Wildman–Crippen MR) is 130 cm³/mol. The second kappa shape index (κ2) is 9.27. The van der Waals surface area contributed by atoms with Crippen LogP contribution in [0, 0.1) is 12.8 Å². The van der Waals surface area contributed by atoms with Crippen molar-refractivity contribution in [2.45, 2.75) is 38.4 Å². The first-order chi connectivity index (χ1) is 15.2. The summed E-state index contributed by atoms with van der Waals surface area (Å²) in [6, 6.07) is 15.9. The molecule has 2 heterocycles. The summed E-state index contributed by atoms with van der Waals surface area (Å²) in [6.45, 7) is 6.72. The van der Waals surface area contributed by atoms with Crippen molar-refractivity contribution in [1.29, 1.82) is 0 Å². The maximum Gasteiger partial charge on any atom is 0.233 e. The van der Waals surface area contributed by atoms with E-state index in [1.54, 1.807) is 4.90 Å². The quantitative estimate of drug-likeness (QED) is 0.485. The molecule has 1 aromatic heterocycles. The standard InChI is InChI=1S/C24H29N3O3S2/c1-17(2)14-26(20-11-12-32(29,30)16-20)23(28)15-31-24-25-21-9-4-5-10-22(21)27(24)19-8-6-7-18(3)13-19/h4-10,13,17,20H,11-12,14-16H2,1-3H3/t20-/m1/s1. The number of aromatic nitrogens is 2. The number of carbonyl (C=O) groups is 1. The van der Waals surface area contributed by atoms with E-state index in [0.29, 0.717) is 13.0 Å². The Balaban J connectivity index is 1.60. The van der Waals surface area contributed by atoms with E-state index in [2.05, 4.69) is 23.6 Å². The average Bonchev–Trinajstić information content (AvgIpc) is 3.29. The minimum atomic E-state index is -3.06. The number of imidazole rings is 1. The molecule has 0 N–H and O–H groups in total. The minimum Gasteiger partial charge on any atom is -0.338 e. The van der Waals surface area contributed by atoms with Gasteiger partial charge in [0, 0.05) is 18.3 Å². The van der Waals surface area contributed by atoms with Gasteiger partial charge in [-0.25, -0.2) is 13.4 Å². The van der Waals surface area contributed by atoms with Crippen LogP contribution in [0.1, 0.15) is 25.8 Å². The summed E-state index contributed by atoms with van der Waals surface area (Å²) >= 11 is 1.41. The topological polar surface area (TPSA) is 72.3 Å². The summed E-state index contributed by atoms with van der Waals surface area (Å²) in [7, 11) is -3.06. The maximum absolute atomic E-state index is 13.2. The van der Waals surface area contributed by atoms with Gasteiger partial charge in [-0.1, -0.05) is 49.9 Å². The third-order valence-electron chi connectivity index (χ3n) is 5.65. The summed E-state index contributed by atoms with van der Waals surface area (Å²) in [4.78, 5) is 19.8. The lowest BCUT2D eigenvalue weighted by Gasteiger charge is -2.30. The highest BCUT2D eigenvalue weighted by atomic mass is 32.2. The summed E-state index contributed by atoms with van der Waals surface area (Å²) in [5.41, 5.74) is 4.03. The molecule has 0 bridgehead atoms. The zero-order valence-electron chi connectivity index (χ0n) is 18.7. The molecule has 2 aromatic carbocycles. The van der Waals surface area contributed by atoms with E-state index in [1.165, 1.54) is 11.8 Å². The van der Waals surface area contributed by atoms with E-state index in [1.807, 2.05) is 50.2 Å². The fourth-order valence-corrected chi connectivity index (χ4v) is 6.84. The Bertz CT molecular complexity index is 1230. The molecule has 0 unspecified atom stereocenters. The molecule has 1 saturated heterocycles. The molecule has 1 atom stereocenters. The normalized spacial score (nSPS) is 17.8. The van der Waals surface area contributed by atoms with E-state index in [9.17, 15) is 13.2 Å². The lowest BCUT2D eigenvalue weighted by molar-refractivity contribution is -0.130.